The van der Waals surface area contributed by atoms with E-state index in [2.05, 4.69) is 53.6 Å². The lowest BCUT2D eigenvalue weighted by Gasteiger charge is -1.93. The van der Waals surface area contributed by atoms with Crippen molar-refractivity contribution in [2.75, 3.05) is 13.6 Å². The molecule has 1 heterocycles. The van der Waals surface area contributed by atoms with E-state index in [0.717, 1.165) is 11.4 Å². The topological polar surface area (TPSA) is 12.0 Å². The van der Waals surface area contributed by atoms with Crippen molar-refractivity contribution >= 4 is 11.3 Å². The monoisotopic (exact) mass is 227 g/mol. The van der Waals surface area contributed by atoms with Gasteiger partial charge in [0.1, 0.15) is 0 Å². The van der Waals surface area contributed by atoms with Crippen molar-refractivity contribution in [3.63, 3.8) is 0 Å². The Morgan fingerprint density at radius 1 is 1.12 bits per heavy atom. The second kappa shape index (κ2) is 5.50. The van der Waals surface area contributed by atoms with Crippen LogP contribution in [0.4, 0.5) is 0 Å². The van der Waals surface area contributed by atoms with Gasteiger partial charge in [-0.25, -0.2) is 0 Å². The summed E-state index contributed by atoms with van der Waals surface area (Å²) in [5.41, 5.74) is 1.26. The van der Waals surface area contributed by atoms with Crippen LogP contribution in [0.2, 0.25) is 0 Å². The third-order valence-corrected chi connectivity index (χ3v) is 3.19. The van der Waals surface area contributed by atoms with Gasteiger partial charge in [-0.2, -0.15) is 0 Å². The molecule has 0 amide bonds. The first-order valence-corrected chi connectivity index (χ1v) is 6.00. The van der Waals surface area contributed by atoms with Crippen LogP contribution in [0.5, 0.6) is 0 Å². The lowest BCUT2D eigenvalue weighted by atomic mass is 10.2. The van der Waals surface area contributed by atoms with Crippen LogP contribution in [0.25, 0.3) is 10.4 Å². The summed E-state index contributed by atoms with van der Waals surface area (Å²) in [5, 5.41) is 3.01. The summed E-state index contributed by atoms with van der Waals surface area (Å²) in [6.45, 7) is 0.735. The first kappa shape index (κ1) is 10.9. The summed E-state index contributed by atoms with van der Waals surface area (Å²) in [5.74, 6) is 6.21. The number of nitrogens with one attached hydrogen (secondary N) is 1. The Bertz CT molecular complexity index is 502. The fourth-order valence-electron chi connectivity index (χ4n) is 1.38. The van der Waals surface area contributed by atoms with Gasteiger partial charge in [-0.1, -0.05) is 42.2 Å². The van der Waals surface area contributed by atoms with Gasteiger partial charge in [-0.05, 0) is 24.7 Å². The smallest absolute Gasteiger partial charge is 0.0775 e. The Hall–Kier alpha value is -1.56. The van der Waals surface area contributed by atoms with E-state index in [1.165, 1.54) is 10.4 Å². The Balaban J connectivity index is 2.18. The third kappa shape index (κ3) is 2.73. The molecule has 0 aliphatic heterocycles. The first-order chi connectivity index (χ1) is 7.90. The van der Waals surface area contributed by atoms with E-state index in [9.17, 15) is 0 Å². The largest absolute Gasteiger partial charge is 0.309 e. The molecule has 0 atom stereocenters. The summed E-state index contributed by atoms with van der Waals surface area (Å²) >= 11 is 1.74. The van der Waals surface area contributed by atoms with Crippen LogP contribution >= 0.6 is 11.3 Å². The minimum atomic E-state index is 0.735. The summed E-state index contributed by atoms with van der Waals surface area (Å²) in [6.07, 6.45) is 0. The molecule has 0 aliphatic carbocycles. The van der Waals surface area contributed by atoms with E-state index in [1.54, 1.807) is 11.3 Å². The highest BCUT2D eigenvalue weighted by Gasteiger charge is 1.99. The molecule has 0 bridgehead atoms. The van der Waals surface area contributed by atoms with Gasteiger partial charge in [0.2, 0.25) is 0 Å². The maximum Gasteiger partial charge on any atom is 0.0775 e. The zero-order valence-electron chi connectivity index (χ0n) is 9.16. The fraction of sp³-hybridized carbons (Fsp3) is 0.143. The molecular formula is C14H13NS. The van der Waals surface area contributed by atoms with E-state index < -0.39 is 0 Å². The molecule has 1 aromatic heterocycles. The van der Waals surface area contributed by atoms with Crippen molar-refractivity contribution in [1.82, 2.24) is 5.32 Å². The number of hydrogen-bond acceptors (Lipinski definition) is 2. The molecule has 16 heavy (non-hydrogen) atoms. The van der Waals surface area contributed by atoms with Gasteiger partial charge in [-0.3, -0.25) is 0 Å². The maximum absolute atomic E-state index is 3.14. The molecule has 80 valence electrons. The molecule has 0 spiro atoms. The molecule has 2 aromatic rings. The minimum absolute atomic E-state index is 0.735. The Labute approximate surface area is 100 Å². The zero-order valence-corrected chi connectivity index (χ0v) is 9.97. The van der Waals surface area contributed by atoms with Crippen molar-refractivity contribution in [2.24, 2.45) is 0 Å². The lowest BCUT2D eigenvalue weighted by Crippen LogP contribution is -2.04. The highest BCUT2D eigenvalue weighted by molar-refractivity contribution is 7.16. The molecule has 0 radical (unpaired) electrons. The van der Waals surface area contributed by atoms with Crippen molar-refractivity contribution < 1.29 is 0 Å². The molecular weight excluding hydrogens is 214 g/mol. The van der Waals surface area contributed by atoms with E-state index >= 15 is 0 Å². The van der Waals surface area contributed by atoms with Crippen molar-refractivity contribution in [2.45, 2.75) is 0 Å². The second-order valence-electron chi connectivity index (χ2n) is 3.36. The van der Waals surface area contributed by atoms with Crippen LogP contribution < -0.4 is 5.32 Å². The summed E-state index contributed by atoms with van der Waals surface area (Å²) in [6, 6.07) is 14.6. The molecule has 1 aromatic carbocycles. The SMILES string of the molecule is CNCC#Cc1ccc(-c2ccccc2)s1. The Morgan fingerprint density at radius 2 is 1.94 bits per heavy atom. The number of thiophene rings is 1. The molecule has 0 saturated carbocycles. The molecule has 0 saturated heterocycles. The summed E-state index contributed by atoms with van der Waals surface area (Å²) < 4.78 is 0. The standard InChI is InChI=1S/C14H13NS/c1-15-11-5-8-13-9-10-14(16-13)12-6-3-2-4-7-12/h2-4,6-7,9-10,15H,11H2,1H3. The molecule has 2 rings (SSSR count). The highest BCUT2D eigenvalue weighted by Crippen LogP contribution is 2.27. The molecule has 1 N–H and O–H groups in total. The van der Waals surface area contributed by atoms with Crippen LogP contribution in [-0.2, 0) is 0 Å². The highest BCUT2D eigenvalue weighted by atomic mass is 32.1. The molecule has 0 aliphatic rings. The van der Waals surface area contributed by atoms with Crippen LogP contribution in [0.1, 0.15) is 4.88 Å². The van der Waals surface area contributed by atoms with Crippen molar-refractivity contribution in [1.29, 1.82) is 0 Å². The van der Waals surface area contributed by atoms with Gasteiger partial charge < -0.3 is 5.32 Å². The lowest BCUT2D eigenvalue weighted by molar-refractivity contribution is 0.938. The van der Waals surface area contributed by atoms with Gasteiger partial charge >= 0.3 is 0 Å². The molecule has 0 unspecified atom stereocenters. The Morgan fingerprint density at radius 3 is 2.69 bits per heavy atom. The second-order valence-corrected chi connectivity index (χ2v) is 4.45. The number of benzene rings is 1. The van der Waals surface area contributed by atoms with Gasteiger partial charge in [0, 0.05) is 4.88 Å². The summed E-state index contributed by atoms with van der Waals surface area (Å²) in [7, 11) is 1.90. The number of rotatable bonds is 2. The minimum Gasteiger partial charge on any atom is -0.309 e. The van der Waals surface area contributed by atoms with Crippen molar-refractivity contribution in [3.8, 4) is 22.3 Å². The average Bonchev–Trinajstić information content (AvgIpc) is 2.79. The van der Waals surface area contributed by atoms with Crippen LogP contribution in [0, 0.1) is 11.8 Å². The van der Waals surface area contributed by atoms with Gasteiger partial charge in [0.15, 0.2) is 0 Å². The zero-order chi connectivity index (χ0) is 11.2. The Kier molecular flexibility index (Phi) is 3.76. The normalized spacial score (nSPS) is 9.56. The maximum atomic E-state index is 3.14. The fourth-order valence-corrected chi connectivity index (χ4v) is 2.27. The van der Waals surface area contributed by atoms with Gasteiger partial charge in [0.05, 0.1) is 11.4 Å². The predicted molar refractivity (Wildman–Crippen MR) is 70.6 cm³/mol. The molecule has 2 heteroatoms. The van der Waals surface area contributed by atoms with Crippen LogP contribution in [0.3, 0.4) is 0 Å². The number of hydrogen-bond donors (Lipinski definition) is 1. The van der Waals surface area contributed by atoms with Crippen LogP contribution in [-0.4, -0.2) is 13.6 Å². The molecule has 1 nitrogen and oxygen atoms in total. The van der Waals surface area contributed by atoms with E-state index in [-0.39, 0.29) is 0 Å². The van der Waals surface area contributed by atoms with Crippen LogP contribution in [0.15, 0.2) is 42.5 Å². The van der Waals surface area contributed by atoms with E-state index in [1.807, 2.05) is 13.1 Å². The van der Waals surface area contributed by atoms with Gasteiger partial charge in [-0.15, -0.1) is 11.3 Å². The first-order valence-electron chi connectivity index (χ1n) is 5.19. The van der Waals surface area contributed by atoms with E-state index in [0.29, 0.717) is 0 Å². The van der Waals surface area contributed by atoms with Crippen molar-refractivity contribution in [3.05, 3.63) is 47.3 Å². The van der Waals surface area contributed by atoms with Gasteiger partial charge in [0.25, 0.3) is 0 Å². The summed E-state index contributed by atoms with van der Waals surface area (Å²) in [4.78, 5) is 2.39. The predicted octanol–water partition coefficient (Wildman–Crippen LogP) is 2.99. The molecule has 0 fully saturated rings. The average molecular weight is 227 g/mol. The quantitative estimate of drug-likeness (QED) is 0.778. The third-order valence-electron chi connectivity index (χ3n) is 2.14. The van der Waals surface area contributed by atoms with E-state index in [4.69, 9.17) is 0 Å².